The summed E-state index contributed by atoms with van der Waals surface area (Å²) in [6.07, 6.45) is 0. The highest BCUT2D eigenvalue weighted by atomic mass is 32.2. The smallest absolute Gasteiger partial charge is 0.295 e. The Morgan fingerprint density at radius 3 is 2.00 bits per heavy atom. The van der Waals surface area contributed by atoms with Crippen LogP contribution in [0.4, 0.5) is 28.4 Å². The maximum absolute atomic E-state index is 11.8. The molecule has 13 nitrogen and oxygen atoms in total. The first-order chi connectivity index (χ1) is 17.5. The number of hydrogen-bond acceptors (Lipinski definition) is 11. The molecule has 4 aromatic carbocycles. The molecule has 0 aliphatic carbocycles. The first-order valence-electron chi connectivity index (χ1n) is 10.3. The second kappa shape index (κ2) is 9.60. The molecule has 4 rings (SSSR count). The number of hydrogen-bond donors (Lipinski definition) is 4. The lowest BCUT2D eigenvalue weighted by Gasteiger charge is -2.09. The van der Waals surface area contributed by atoms with E-state index in [2.05, 4.69) is 20.5 Å². The van der Waals surface area contributed by atoms with Crippen LogP contribution in [0, 0.1) is 17.0 Å². The summed E-state index contributed by atoms with van der Waals surface area (Å²) in [5, 5.41) is 57.4. The summed E-state index contributed by atoms with van der Waals surface area (Å²) in [6, 6.07) is 13.0. The first kappa shape index (κ1) is 25.2. The molecule has 0 radical (unpaired) electrons. The van der Waals surface area contributed by atoms with Gasteiger partial charge in [-0.2, -0.15) is 13.5 Å². The van der Waals surface area contributed by atoms with Gasteiger partial charge in [0.25, 0.3) is 15.8 Å². The maximum atomic E-state index is 11.8. The van der Waals surface area contributed by atoms with Gasteiger partial charge in [0.2, 0.25) is 0 Å². The van der Waals surface area contributed by atoms with Gasteiger partial charge in [0, 0.05) is 41.1 Å². The number of phenolic OH excluding ortho intramolecular Hbond substituents is 3. The highest BCUT2D eigenvalue weighted by Crippen LogP contribution is 2.43. The summed E-state index contributed by atoms with van der Waals surface area (Å²) >= 11 is 0. The van der Waals surface area contributed by atoms with Crippen molar-refractivity contribution in [2.24, 2.45) is 20.5 Å². The van der Waals surface area contributed by atoms with Gasteiger partial charge in [0.15, 0.2) is 0 Å². The summed E-state index contributed by atoms with van der Waals surface area (Å²) in [5.74, 6) is -1.60. The molecule has 14 heteroatoms. The number of aryl methyl sites for hydroxylation is 1. The standard InChI is InChI=1S/C23H17N5O8S/c1-12-4-2-3-5-16(12)24-25-17-9-18(20(30)10-19(17)29)26-27-23-14-7-6-13(28(32)33)8-15(14)22(11-21(23)31)37(34,35)36/h2-11,29-31H,1H3,(H,34,35,36). The molecule has 0 amide bonds. The Kier molecular flexibility index (Phi) is 6.52. The minimum absolute atomic E-state index is 0.0542. The molecule has 0 atom stereocenters. The normalized spacial score (nSPS) is 12.1. The summed E-state index contributed by atoms with van der Waals surface area (Å²) in [6.45, 7) is 1.82. The van der Waals surface area contributed by atoms with E-state index in [1.807, 2.05) is 19.1 Å². The Hall–Kier alpha value is -4.95. The van der Waals surface area contributed by atoms with Gasteiger partial charge >= 0.3 is 0 Å². The molecule has 0 unspecified atom stereocenters. The number of benzene rings is 4. The Bertz CT molecular complexity index is 1740. The molecule has 0 bridgehead atoms. The summed E-state index contributed by atoms with van der Waals surface area (Å²) in [7, 11) is -4.87. The predicted octanol–water partition coefficient (Wildman–Crippen LogP) is 6.25. The van der Waals surface area contributed by atoms with Crippen molar-refractivity contribution >= 4 is 49.3 Å². The number of nitrogens with zero attached hydrogens (tertiary/aromatic N) is 5. The molecular formula is C23H17N5O8S. The van der Waals surface area contributed by atoms with Crippen molar-refractivity contribution in [2.75, 3.05) is 0 Å². The maximum Gasteiger partial charge on any atom is 0.295 e. The molecule has 0 spiro atoms. The van der Waals surface area contributed by atoms with Crippen LogP contribution in [0.25, 0.3) is 10.8 Å². The number of phenols is 3. The molecule has 4 N–H and O–H groups in total. The SMILES string of the molecule is Cc1ccccc1N=Nc1cc(N=Nc2c(O)cc(S(=O)(=O)O)c3cc([N+](=O)[O-])ccc23)c(O)cc1O. The van der Waals surface area contributed by atoms with Crippen LogP contribution in [0.3, 0.4) is 0 Å². The van der Waals surface area contributed by atoms with Crippen LogP contribution in [-0.4, -0.2) is 33.2 Å². The third-order valence-electron chi connectivity index (χ3n) is 5.23. The molecule has 0 aromatic heterocycles. The van der Waals surface area contributed by atoms with Gasteiger partial charge in [0.1, 0.15) is 39.2 Å². The molecular weight excluding hydrogens is 506 g/mol. The van der Waals surface area contributed by atoms with Gasteiger partial charge in [-0.05, 0) is 24.6 Å². The Balaban J connectivity index is 1.82. The van der Waals surface area contributed by atoms with E-state index < -0.39 is 42.9 Å². The van der Waals surface area contributed by atoms with Crippen molar-refractivity contribution in [3.8, 4) is 17.2 Å². The lowest BCUT2D eigenvalue weighted by Crippen LogP contribution is -2.00. The zero-order valence-electron chi connectivity index (χ0n) is 18.8. The van der Waals surface area contributed by atoms with E-state index in [1.165, 1.54) is 6.07 Å². The number of non-ortho nitro benzene ring substituents is 1. The number of nitro groups is 1. The number of azo groups is 2. The Morgan fingerprint density at radius 2 is 1.38 bits per heavy atom. The minimum Gasteiger partial charge on any atom is -0.506 e. The number of nitro benzene ring substituents is 1. The zero-order chi connectivity index (χ0) is 26.9. The van der Waals surface area contributed by atoms with Gasteiger partial charge in [-0.1, -0.05) is 18.2 Å². The molecule has 0 heterocycles. The highest BCUT2D eigenvalue weighted by molar-refractivity contribution is 7.86. The zero-order valence-corrected chi connectivity index (χ0v) is 19.7. The van der Waals surface area contributed by atoms with Gasteiger partial charge in [-0.3, -0.25) is 14.7 Å². The van der Waals surface area contributed by atoms with Crippen molar-refractivity contribution < 1.29 is 33.2 Å². The Morgan fingerprint density at radius 1 is 0.757 bits per heavy atom. The van der Waals surface area contributed by atoms with Crippen molar-refractivity contribution in [1.29, 1.82) is 0 Å². The molecule has 4 aromatic rings. The van der Waals surface area contributed by atoms with Crippen LogP contribution in [-0.2, 0) is 10.1 Å². The monoisotopic (exact) mass is 523 g/mol. The van der Waals surface area contributed by atoms with Crippen molar-refractivity contribution in [3.05, 3.63) is 76.3 Å². The van der Waals surface area contributed by atoms with Crippen LogP contribution in [0.1, 0.15) is 5.56 Å². The molecule has 0 aliphatic heterocycles. The lowest BCUT2D eigenvalue weighted by molar-refractivity contribution is -0.384. The summed E-state index contributed by atoms with van der Waals surface area (Å²) in [4.78, 5) is 9.63. The predicted molar refractivity (Wildman–Crippen MR) is 131 cm³/mol. The first-order valence-corrected chi connectivity index (χ1v) is 11.8. The molecule has 37 heavy (non-hydrogen) atoms. The van der Waals surface area contributed by atoms with E-state index in [0.29, 0.717) is 11.8 Å². The van der Waals surface area contributed by atoms with Gasteiger partial charge in [-0.15, -0.1) is 15.3 Å². The average molecular weight is 523 g/mol. The minimum atomic E-state index is -4.87. The van der Waals surface area contributed by atoms with E-state index in [0.717, 1.165) is 29.8 Å². The summed E-state index contributed by atoms with van der Waals surface area (Å²) in [5.41, 5.74) is 0.368. The van der Waals surface area contributed by atoms with Crippen molar-refractivity contribution in [1.82, 2.24) is 0 Å². The fourth-order valence-electron chi connectivity index (χ4n) is 3.39. The molecule has 0 fully saturated rings. The van der Waals surface area contributed by atoms with Gasteiger partial charge in [-0.25, -0.2) is 0 Å². The quantitative estimate of drug-likeness (QED) is 0.0979. The average Bonchev–Trinajstić information content (AvgIpc) is 2.83. The third-order valence-corrected chi connectivity index (χ3v) is 6.13. The molecule has 0 saturated heterocycles. The third kappa shape index (κ3) is 5.19. The van der Waals surface area contributed by atoms with Crippen molar-refractivity contribution in [2.45, 2.75) is 11.8 Å². The van der Waals surface area contributed by atoms with Gasteiger partial charge < -0.3 is 15.3 Å². The van der Waals surface area contributed by atoms with Crippen molar-refractivity contribution in [3.63, 3.8) is 0 Å². The number of fused-ring (bicyclic) bond motifs is 1. The topological polar surface area (TPSA) is 208 Å². The van der Waals surface area contributed by atoms with Crippen LogP contribution in [0.15, 0.2) is 86.0 Å². The van der Waals surface area contributed by atoms with Crippen LogP contribution in [0.5, 0.6) is 17.2 Å². The Labute approximate surface area is 208 Å². The second-order valence-electron chi connectivity index (χ2n) is 7.72. The molecule has 0 aliphatic rings. The van der Waals surface area contributed by atoms with E-state index in [9.17, 15) is 38.4 Å². The fourth-order valence-corrected chi connectivity index (χ4v) is 4.09. The largest absolute Gasteiger partial charge is 0.506 e. The second-order valence-corrected chi connectivity index (χ2v) is 9.11. The highest BCUT2D eigenvalue weighted by Gasteiger charge is 2.22. The van der Waals surface area contributed by atoms with Crippen LogP contribution in [0.2, 0.25) is 0 Å². The number of aromatic hydroxyl groups is 3. The summed E-state index contributed by atoms with van der Waals surface area (Å²) < 4.78 is 33.2. The lowest BCUT2D eigenvalue weighted by atomic mass is 10.1. The van der Waals surface area contributed by atoms with E-state index in [4.69, 9.17) is 0 Å². The van der Waals surface area contributed by atoms with E-state index >= 15 is 0 Å². The van der Waals surface area contributed by atoms with E-state index in [1.54, 1.807) is 12.1 Å². The van der Waals surface area contributed by atoms with Gasteiger partial charge in [0.05, 0.1) is 10.6 Å². The van der Waals surface area contributed by atoms with Crippen LogP contribution < -0.4 is 0 Å². The fraction of sp³-hybridized carbons (Fsp3) is 0.0435. The van der Waals surface area contributed by atoms with E-state index in [-0.39, 0.29) is 27.8 Å². The number of rotatable bonds is 6. The van der Waals surface area contributed by atoms with Crippen LogP contribution >= 0.6 is 0 Å². The molecule has 188 valence electrons. The molecule has 0 saturated carbocycles.